The molecule has 0 aliphatic heterocycles. The van der Waals surface area contributed by atoms with Crippen molar-refractivity contribution in [1.29, 1.82) is 0 Å². The molecule has 0 fully saturated rings. The molecule has 2 N–H and O–H groups in total. The zero-order chi connectivity index (χ0) is 13.3. The van der Waals surface area contributed by atoms with Gasteiger partial charge in [-0.2, -0.15) is 0 Å². The van der Waals surface area contributed by atoms with Crippen LogP contribution in [0.3, 0.4) is 0 Å². The van der Waals surface area contributed by atoms with E-state index in [9.17, 15) is 9.18 Å². The zero-order valence-corrected chi connectivity index (χ0v) is 10.5. The molecule has 0 radical (unpaired) electrons. The van der Waals surface area contributed by atoms with Crippen LogP contribution in [0.1, 0.15) is 12.5 Å². The van der Waals surface area contributed by atoms with Gasteiger partial charge in [-0.25, -0.2) is 9.11 Å². The molecule has 0 amide bonds. The maximum Gasteiger partial charge on any atom is 0.318 e. The lowest BCUT2D eigenvalue weighted by Crippen LogP contribution is -2.15. The van der Waals surface area contributed by atoms with Crippen LogP contribution < -0.4 is 4.72 Å². The van der Waals surface area contributed by atoms with Crippen molar-refractivity contribution in [3.8, 4) is 12.3 Å². The molecule has 3 nitrogen and oxygen atoms in total. The highest BCUT2D eigenvalue weighted by molar-refractivity contribution is 7.97. The third-order valence-corrected chi connectivity index (χ3v) is 2.32. The Labute approximate surface area is 105 Å². The van der Waals surface area contributed by atoms with E-state index in [0.717, 1.165) is 4.90 Å². The van der Waals surface area contributed by atoms with Crippen LogP contribution in [0.2, 0.25) is 0 Å². The number of halogens is 1. The maximum absolute atomic E-state index is 12.8. The number of nitrogens with one attached hydrogen (secondary N) is 1. The first kappa shape index (κ1) is 15.5. The SMILES string of the molecule is C#CC.Cc1cc(SNCC(=O)O)ccc1F. The van der Waals surface area contributed by atoms with E-state index in [-0.39, 0.29) is 12.4 Å². The lowest BCUT2D eigenvalue weighted by Gasteiger charge is -2.02. The number of carboxylic acids is 1. The van der Waals surface area contributed by atoms with Crippen LogP contribution in [0.4, 0.5) is 4.39 Å². The summed E-state index contributed by atoms with van der Waals surface area (Å²) in [5, 5.41) is 8.35. The summed E-state index contributed by atoms with van der Waals surface area (Å²) in [5.74, 6) is 1.07. The summed E-state index contributed by atoms with van der Waals surface area (Å²) in [6.07, 6.45) is 4.60. The average molecular weight is 255 g/mol. The second-order valence-electron chi connectivity index (χ2n) is 3.02. The summed E-state index contributed by atoms with van der Waals surface area (Å²) in [6.45, 7) is 3.19. The van der Waals surface area contributed by atoms with E-state index in [1.807, 2.05) is 0 Å². The van der Waals surface area contributed by atoms with Crippen LogP contribution in [0, 0.1) is 25.1 Å². The van der Waals surface area contributed by atoms with Crippen molar-refractivity contribution in [3.05, 3.63) is 29.6 Å². The number of carbonyl (C=O) groups is 1. The lowest BCUT2D eigenvalue weighted by molar-refractivity contribution is -0.135. The third kappa shape index (κ3) is 7.39. The lowest BCUT2D eigenvalue weighted by atomic mass is 10.2. The molecule has 0 aromatic heterocycles. The molecule has 1 rings (SSSR count). The average Bonchev–Trinajstić information content (AvgIpc) is 2.24. The van der Waals surface area contributed by atoms with Gasteiger partial charge in [0.25, 0.3) is 0 Å². The number of aliphatic carboxylic acids is 1. The minimum Gasteiger partial charge on any atom is -0.480 e. The quantitative estimate of drug-likeness (QED) is 0.641. The van der Waals surface area contributed by atoms with Crippen LogP contribution in [0.5, 0.6) is 0 Å². The number of carboxylic acid groups (broad SMARTS) is 1. The van der Waals surface area contributed by atoms with Crippen LogP contribution in [-0.4, -0.2) is 17.6 Å². The standard InChI is InChI=1S/C9H10FNO2S.C3H4/c1-6-4-7(2-3-8(6)10)14-11-5-9(12)13;1-3-2/h2-4,11H,5H2,1H3,(H,12,13);1H,2H3. The molecule has 92 valence electrons. The van der Waals surface area contributed by atoms with Crippen LogP contribution in [0.25, 0.3) is 0 Å². The minimum atomic E-state index is -0.920. The van der Waals surface area contributed by atoms with Crippen molar-refractivity contribution in [2.45, 2.75) is 18.7 Å². The van der Waals surface area contributed by atoms with Gasteiger partial charge in [0.1, 0.15) is 12.4 Å². The molecular formula is C12H14FNO2S. The Balaban J connectivity index is 0.000000770. The molecule has 0 unspecified atom stereocenters. The Morgan fingerprint density at radius 3 is 2.71 bits per heavy atom. The van der Waals surface area contributed by atoms with Gasteiger partial charge in [0.05, 0.1) is 0 Å². The van der Waals surface area contributed by atoms with E-state index in [2.05, 4.69) is 17.1 Å². The minimum absolute atomic E-state index is 0.124. The Bertz CT molecular complexity index is 415. The van der Waals surface area contributed by atoms with E-state index in [4.69, 9.17) is 5.11 Å². The first-order valence-corrected chi connectivity index (χ1v) is 5.58. The highest BCUT2D eigenvalue weighted by atomic mass is 32.2. The zero-order valence-electron chi connectivity index (χ0n) is 9.66. The summed E-state index contributed by atoms with van der Waals surface area (Å²) >= 11 is 1.17. The van der Waals surface area contributed by atoms with Crippen molar-refractivity contribution < 1.29 is 14.3 Å². The van der Waals surface area contributed by atoms with Crippen LogP contribution in [0.15, 0.2) is 23.1 Å². The van der Waals surface area contributed by atoms with Gasteiger partial charge < -0.3 is 5.11 Å². The van der Waals surface area contributed by atoms with Gasteiger partial charge >= 0.3 is 5.97 Å². The Morgan fingerprint density at radius 1 is 1.65 bits per heavy atom. The molecule has 0 spiro atoms. The van der Waals surface area contributed by atoms with Crippen molar-refractivity contribution in [2.75, 3.05) is 6.54 Å². The van der Waals surface area contributed by atoms with Gasteiger partial charge in [-0.1, -0.05) is 0 Å². The van der Waals surface area contributed by atoms with Crippen molar-refractivity contribution in [2.24, 2.45) is 0 Å². The van der Waals surface area contributed by atoms with Gasteiger partial charge in [0, 0.05) is 4.90 Å². The fourth-order valence-corrected chi connectivity index (χ4v) is 1.60. The number of hydrogen-bond donors (Lipinski definition) is 2. The van der Waals surface area contributed by atoms with Gasteiger partial charge in [-0.3, -0.25) is 4.79 Å². The molecule has 17 heavy (non-hydrogen) atoms. The van der Waals surface area contributed by atoms with Crippen molar-refractivity contribution in [1.82, 2.24) is 4.72 Å². The topological polar surface area (TPSA) is 49.3 Å². The molecule has 0 aliphatic rings. The van der Waals surface area contributed by atoms with Crippen LogP contribution >= 0.6 is 11.9 Å². The second kappa shape index (κ2) is 8.62. The number of aryl methyl sites for hydroxylation is 1. The Kier molecular flexibility index (Phi) is 7.85. The molecule has 1 aromatic rings. The molecule has 5 heteroatoms. The van der Waals surface area contributed by atoms with E-state index in [1.165, 1.54) is 18.0 Å². The second-order valence-corrected chi connectivity index (χ2v) is 3.98. The third-order valence-electron chi connectivity index (χ3n) is 1.54. The largest absolute Gasteiger partial charge is 0.480 e. The fraction of sp³-hybridized carbons (Fsp3) is 0.250. The normalized spacial score (nSPS) is 8.82. The van der Waals surface area contributed by atoms with E-state index in [1.54, 1.807) is 26.0 Å². The number of terminal acetylenes is 1. The summed E-state index contributed by atoms with van der Waals surface area (Å²) in [7, 11) is 0. The monoisotopic (exact) mass is 255 g/mol. The molecule has 0 aliphatic carbocycles. The van der Waals surface area contributed by atoms with E-state index < -0.39 is 5.97 Å². The molecule has 0 saturated carbocycles. The molecule has 0 atom stereocenters. The Hall–Kier alpha value is -1.51. The Morgan fingerprint density at radius 2 is 2.24 bits per heavy atom. The summed E-state index contributed by atoms with van der Waals surface area (Å²) in [5.41, 5.74) is 0.548. The predicted molar refractivity (Wildman–Crippen MR) is 67.1 cm³/mol. The number of benzene rings is 1. The van der Waals surface area contributed by atoms with E-state index in [0.29, 0.717) is 5.56 Å². The van der Waals surface area contributed by atoms with Gasteiger partial charge in [-0.15, -0.1) is 12.3 Å². The maximum atomic E-state index is 12.8. The van der Waals surface area contributed by atoms with Crippen molar-refractivity contribution in [3.63, 3.8) is 0 Å². The molecule has 0 saturated heterocycles. The summed E-state index contributed by atoms with van der Waals surface area (Å²) in [4.78, 5) is 11.0. The first-order valence-electron chi connectivity index (χ1n) is 4.76. The smallest absolute Gasteiger partial charge is 0.318 e. The van der Waals surface area contributed by atoms with Gasteiger partial charge in [-0.05, 0) is 49.6 Å². The highest BCUT2D eigenvalue weighted by Crippen LogP contribution is 2.17. The molecule has 1 aromatic carbocycles. The molecular weight excluding hydrogens is 241 g/mol. The number of rotatable bonds is 4. The predicted octanol–water partition coefficient (Wildman–Crippen LogP) is 2.45. The summed E-state index contributed by atoms with van der Waals surface area (Å²) in [6, 6.07) is 4.62. The summed E-state index contributed by atoms with van der Waals surface area (Å²) < 4.78 is 15.5. The van der Waals surface area contributed by atoms with E-state index >= 15 is 0 Å². The van der Waals surface area contributed by atoms with Crippen molar-refractivity contribution >= 4 is 17.9 Å². The molecule has 0 heterocycles. The fourth-order valence-electron chi connectivity index (χ4n) is 0.862. The highest BCUT2D eigenvalue weighted by Gasteiger charge is 2.00. The number of hydrogen-bond acceptors (Lipinski definition) is 3. The van der Waals surface area contributed by atoms with Crippen LogP contribution in [-0.2, 0) is 4.79 Å². The van der Waals surface area contributed by atoms with Gasteiger partial charge in [0.2, 0.25) is 0 Å². The molecule has 0 bridgehead atoms. The first-order chi connectivity index (χ1) is 8.01. The van der Waals surface area contributed by atoms with Gasteiger partial charge in [0.15, 0.2) is 0 Å².